The van der Waals surface area contributed by atoms with Crippen LogP contribution in [0.15, 0.2) is 29.3 Å². The van der Waals surface area contributed by atoms with Crippen LogP contribution in [-0.4, -0.2) is 114 Å². The number of aliphatic imine (C=N–C) groups is 1. The van der Waals surface area contributed by atoms with E-state index in [0.717, 1.165) is 64.1 Å². The maximum atomic E-state index is 5.57. The number of morpholine rings is 1. The summed E-state index contributed by atoms with van der Waals surface area (Å²) >= 11 is 0. The average molecular weight is 447 g/mol. The zero-order valence-electron chi connectivity index (χ0n) is 20.2. The van der Waals surface area contributed by atoms with Crippen LogP contribution >= 0.6 is 0 Å². The SMILES string of the molecule is CN=C(NCCCN1CCCN(C)CC1)NCC(c1ccc(OC)cc1)N1CCOCC1. The fraction of sp³-hybridized carbons (Fsp3) is 0.708. The Bertz CT molecular complexity index is 678. The second kappa shape index (κ2) is 13.6. The molecule has 1 atom stereocenters. The standard InChI is InChI=1S/C24H42N6O2/c1-25-24(26-10-4-12-29-13-5-11-28(2)14-15-29)27-20-23(30-16-18-32-19-17-30)21-6-8-22(31-3)9-7-21/h6-9,23H,4-5,10-20H2,1-3H3,(H2,25,26,27). The molecular weight excluding hydrogens is 404 g/mol. The highest BCUT2D eigenvalue weighted by Crippen LogP contribution is 2.23. The number of benzene rings is 1. The molecule has 2 aliphatic rings. The van der Waals surface area contributed by atoms with Crippen molar-refractivity contribution in [1.29, 1.82) is 0 Å². The molecule has 0 amide bonds. The number of ether oxygens (including phenoxy) is 2. The first-order chi connectivity index (χ1) is 15.7. The van der Waals surface area contributed by atoms with Crippen LogP contribution in [0.1, 0.15) is 24.4 Å². The van der Waals surface area contributed by atoms with Gasteiger partial charge in [-0.15, -0.1) is 0 Å². The minimum Gasteiger partial charge on any atom is -0.497 e. The van der Waals surface area contributed by atoms with E-state index in [1.807, 2.05) is 19.2 Å². The minimum atomic E-state index is 0.262. The minimum absolute atomic E-state index is 0.262. The fourth-order valence-corrected chi connectivity index (χ4v) is 4.42. The maximum Gasteiger partial charge on any atom is 0.191 e. The van der Waals surface area contributed by atoms with Gasteiger partial charge in [-0.3, -0.25) is 9.89 Å². The number of methoxy groups -OCH3 is 1. The van der Waals surface area contributed by atoms with Crippen molar-refractivity contribution in [3.8, 4) is 5.75 Å². The lowest BCUT2D eigenvalue weighted by Crippen LogP contribution is -2.46. The molecule has 3 rings (SSSR count). The van der Waals surface area contributed by atoms with E-state index in [9.17, 15) is 0 Å². The fourth-order valence-electron chi connectivity index (χ4n) is 4.42. The van der Waals surface area contributed by atoms with E-state index in [1.54, 1.807) is 7.11 Å². The van der Waals surface area contributed by atoms with E-state index < -0.39 is 0 Å². The molecule has 1 aromatic rings. The van der Waals surface area contributed by atoms with Gasteiger partial charge in [0.25, 0.3) is 0 Å². The van der Waals surface area contributed by atoms with Crippen molar-refractivity contribution in [2.75, 3.05) is 93.3 Å². The third-order valence-corrected chi connectivity index (χ3v) is 6.43. The van der Waals surface area contributed by atoms with Crippen LogP contribution < -0.4 is 15.4 Å². The Morgan fingerprint density at radius 2 is 1.84 bits per heavy atom. The van der Waals surface area contributed by atoms with Crippen LogP contribution in [0.25, 0.3) is 0 Å². The summed E-state index contributed by atoms with van der Waals surface area (Å²) < 4.78 is 10.9. The van der Waals surface area contributed by atoms with Crippen LogP contribution in [0, 0.1) is 0 Å². The van der Waals surface area contributed by atoms with Gasteiger partial charge < -0.3 is 29.9 Å². The van der Waals surface area contributed by atoms with Crippen molar-refractivity contribution < 1.29 is 9.47 Å². The van der Waals surface area contributed by atoms with Crippen LogP contribution in [0.4, 0.5) is 0 Å². The number of guanidine groups is 1. The third kappa shape index (κ3) is 7.92. The van der Waals surface area contributed by atoms with Gasteiger partial charge in [0, 0.05) is 46.3 Å². The normalized spacial score (nSPS) is 20.5. The van der Waals surface area contributed by atoms with E-state index in [4.69, 9.17) is 9.47 Å². The quantitative estimate of drug-likeness (QED) is 0.336. The largest absolute Gasteiger partial charge is 0.497 e. The van der Waals surface area contributed by atoms with Gasteiger partial charge in [0.1, 0.15) is 5.75 Å². The van der Waals surface area contributed by atoms with Crippen LogP contribution in [0.5, 0.6) is 5.75 Å². The summed E-state index contributed by atoms with van der Waals surface area (Å²) in [5, 5.41) is 7.05. The van der Waals surface area contributed by atoms with Crippen molar-refractivity contribution in [1.82, 2.24) is 25.3 Å². The van der Waals surface area contributed by atoms with Gasteiger partial charge in [0.2, 0.25) is 0 Å². The van der Waals surface area contributed by atoms with Crippen LogP contribution in [0.2, 0.25) is 0 Å². The Labute approximate surface area is 193 Å². The lowest BCUT2D eigenvalue weighted by molar-refractivity contribution is 0.0170. The smallest absolute Gasteiger partial charge is 0.191 e. The van der Waals surface area contributed by atoms with Gasteiger partial charge in [0.15, 0.2) is 5.96 Å². The molecule has 32 heavy (non-hydrogen) atoms. The van der Waals surface area contributed by atoms with Crippen LogP contribution in [0.3, 0.4) is 0 Å². The summed E-state index contributed by atoms with van der Waals surface area (Å²) in [5.41, 5.74) is 1.28. The highest BCUT2D eigenvalue weighted by molar-refractivity contribution is 5.79. The van der Waals surface area contributed by atoms with Gasteiger partial charge in [-0.1, -0.05) is 12.1 Å². The molecule has 180 valence electrons. The molecule has 0 aliphatic carbocycles. The molecule has 0 bridgehead atoms. The lowest BCUT2D eigenvalue weighted by Gasteiger charge is -2.35. The highest BCUT2D eigenvalue weighted by Gasteiger charge is 2.23. The Balaban J connectivity index is 1.47. The van der Waals surface area contributed by atoms with E-state index >= 15 is 0 Å². The number of nitrogens with one attached hydrogen (secondary N) is 2. The Morgan fingerprint density at radius 3 is 2.56 bits per heavy atom. The Morgan fingerprint density at radius 1 is 1.06 bits per heavy atom. The van der Waals surface area contributed by atoms with Gasteiger partial charge in [-0.25, -0.2) is 0 Å². The first-order valence-electron chi connectivity index (χ1n) is 12.0. The van der Waals surface area contributed by atoms with Crippen molar-refractivity contribution in [2.24, 2.45) is 4.99 Å². The zero-order chi connectivity index (χ0) is 22.6. The second-order valence-electron chi connectivity index (χ2n) is 8.67. The average Bonchev–Trinajstić information content (AvgIpc) is 3.05. The van der Waals surface area contributed by atoms with Gasteiger partial charge in [-0.05, 0) is 57.2 Å². The first-order valence-corrected chi connectivity index (χ1v) is 12.0. The lowest BCUT2D eigenvalue weighted by atomic mass is 10.0. The molecule has 2 fully saturated rings. The van der Waals surface area contributed by atoms with Crippen molar-refractivity contribution >= 4 is 5.96 Å². The van der Waals surface area contributed by atoms with Gasteiger partial charge >= 0.3 is 0 Å². The molecule has 2 saturated heterocycles. The molecule has 0 radical (unpaired) electrons. The molecule has 8 nitrogen and oxygen atoms in total. The second-order valence-corrected chi connectivity index (χ2v) is 8.67. The molecular formula is C24H42N6O2. The van der Waals surface area contributed by atoms with Crippen molar-refractivity contribution in [3.63, 3.8) is 0 Å². The van der Waals surface area contributed by atoms with E-state index in [-0.39, 0.29) is 6.04 Å². The molecule has 2 aliphatic heterocycles. The molecule has 2 N–H and O–H groups in total. The number of rotatable bonds is 9. The summed E-state index contributed by atoms with van der Waals surface area (Å²) in [7, 11) is 5.77. The number of hydrogen-bond donors (Lipinski definition) is 2. The van der Waals surface area contributed by atoms with E-state index in [0.29, 0.717) is 0 Å². The predicted octanol–water partition coefficient (Wildman–Crippen LogP) is 1.26. The summed E-state index contributed by atoms with van der Waals surface area (Å²) in [5.74, 6) is 1.75. The third-order valence-electron chi connectivity index (χ3n) is 6.43. The Hall–Kier alpha value is -1.87. The number of likely N-dealkylation sites (N-methyl/N-ethyl adjacent to an activating group) is 1. The number of nitrogens with zero attached hydrogens (tertiary/aromatic N) is 4. The highest BCUT2D eigenvalue weighted by atomic mass is 16.5. The molecule has 0 spiro atoms. The molecule has 1 unspecified atom stereocenters. The predicted molar refractivity (Wildman–Crippen MR) is 131 cm³/mol. The van der Waals surface area contributed by atoms with E-state index in [2.05, 4.69) is 49.5 Å². The number of hydrogen-bond acceptors (Lipinski definition) is 6. The molecule has 0 saturated carbocycles. The summed E-state index contributed by atoms with van der Waals surface area (Å²) in [4.78, 5) is 11.9. The van der Waals surface area contributed by atoms with Gasteiger partial charge in [0.05, 0.1) is 26.4 Å². The summed E-state index contributed by atoms with van der Waals surface area (Å²) in [6.45, 7) is 11.1. The summed E-state index contributed by atoms with van der Waals surface area (Å²) in [6.07, 6.45) is 2.39. The first kappa shape index (κ1) is 24.8. The molecule has 0 aromatic heterocycles. The topological polar surface area (TPSA) is 64.6 Å². The maximum absolute atomic E-state index is 5.57. The van der Waals surface area contributed by atoms with E-state index in [1.165, 1.54) is 38.2 Å². The van der Waals surface area contributed by atoms with Crippen molar-refractivity contribution in [3.05, 3.63) is 29.8 Å². The summed E-state index contributed by atoms with van der Waals surface area (Å²) in [6, 6.07) is 8.66. The molecule has 1 aromatic carbocycles. The van der Waals surface area contributed by atoms with Gasteiger partial charge in [-0.2, -0.15) is 0 Å². The molecule has 2 heterocycles. The zero-order valence-corrected chi connectivity index (χ0v) is 20.2. The monoisotopic (exact) mass is 446 g/mol. The molecule has 8 heteroatoms. The van der Waals surface area contributed by atoms with Crippen molar-refractivity contribution in [2.45, 2.75) is 18.9 Å². The Kier molecular flexibility index (Phi) is 10.5. The van der Waals surface area contributed by atoms with Crippen LogP contribution in [-0.2, 0) is 4.74 Å².